The van der Waals surface area contributed by atoms with Crippen molar-refractivity contribution in [2.45, 2.75) is 45.0 Å². The van der Waals surface area contributed by atoms with Crippen LogP contribution in [0.1, 0.15) is 37.8 Å². The van der Waals surface area contributed by atoms with Gasteiger partial charge in [-0.05, 0) is 48.7 Å². The Labute approximate surface area is 190 Å². The van der Waals surface area contributed by atoms with Gasteiger partial charge in [-0.2, -0.15) is 0 Å². The largest absolute Gasteiger partial charge is 0.354 e. The number of nitrogens with one attached hydrogen (secondary N) is 1. The smallest absolute Gasteiger partial charge is 0.242 e. The summed E-state index contributed by atoms with van der Waals surface area (Å²) in [5.41, 5.74) is 1.91. The maximum Gasteiger partial charge on any atom is 0.242 e. The fourth-order valence-electron chi connectivity index (χ4n) is 2.87. The molecule has 0 fully saturated rings. The molecule has 0 aromatic heterocycles. The number of hydrogen-bond donors (Lipinski definition) is 1. The van der Waals surface area contributed by atoms with Crippen molar-refractivity contribution in [2.75, 3.05) is 12.3 Å². The summed E-state index contributed by atoms with van der Waals surface area (Å²) >= 11 is 4.91. The topological polar surface area (TPSA) is 49.4 Å². The molecule has 0 bridgehead atoms. The van der Waals surface area contributed by atoms with E-state index in [9.17, 15) is 14.0 Å². The normalized spacial score (nSPS) is 11.7. The van der Waals surface area contributed by atoms with Gasteiger partial charge in [-0.25, -0.2) is 4.39 Å². The Morgan fingerprint density at radius 1 is 1.17 bits per heavy atom. The highest BCUT2D eigenvalue weighted by Crippen LogP contribution is 2.18. The number of carbonyl (C=O) groups excluding carboxylic acids is 2. The SMILES string of the molecule is CCCCNC(=O)[C@H](C)N(Cc1cccc(Br)c1)C(=O)CSCc1ccc(F)cc1. The van der Waals surface area contributed by atoms with Gasteiger partial charge in [0, 0.05) is 23.3 Å². The Morgan fingerprint density at radius 3 is 2.57 bits per heavy atom. The number of amides is 2. The summed E-state index contributed by atoms with van der Waals surface area (Å²) in [5, 5.41) is 2.92. The van der Waals surface area contributed by atoms with Crippen molar-refractivity contribution in [1.29, 1.82) is 0 Å². The van der Waals surface area contributed by atoms with Crippen molar-refractivity contribution in [3.8, 4) is 0 Å². The summed E-state index contributed by atoms with van der Waals surface area (Å²) in [6.45, 7) is 4.80. The van der Waals surface area contributed by atoms with E-state index in [4.69, 9.17) is 0 Å². The van der Waals surface area contributed by atoms with Crippen molar-refractivity contribution >= 4 is 39.5 Å². The number of hydrogen-bond acceptors (Lipinski definition) is 3. The van der Waals surface area contributed by atoms with E-state index in [2.05, 4.69) is 28.2 Å². The van der Waals surface area contributed by atoms with Gasteiger partial charge in [-0.3, -0.25) is 9.59 Å². The number of halogens is 2. The third-order valence-corrected chi connectivity index (χ3v) is 6.13. The summed E-state index contributed by atoms with van der Waals surface area (Å²) in [5.74, 6) is 0.338. The monoisotopic (exact) mass is 494 g/mol. The summed E-state index contributed by atoms with van der Waals surface area (Å²) in [7, 11) is 0. The molecule has 0 aliphatic rings. The molecule has 0 heterocycles. The zero-order valence-electron chi connectivity index (χ0n) is 17.4. The van der Waals surface area contributed by atoms with Crippen LogP contribution in [0.5, 0.6) is 0 Å². The maximum absolute atomic E-state index is 13.0. The molecule has 2 aromatic carbocycles. The van der Waals surface area contributed by atoms with Crippen LogP contribution >= 0.6 is 27.7 Å². The number of unbranched alkanes of at least 4 members (excludes halogenated alkanes) is 1. The molecule has 0 radical (unpaired) electrons. The molecule has 1 N–H and O–H groups in total. The molecule has 0 spiro atoms. The predicted molar refractivity (Wildman–Crippen MR) is 125 cm³/mol. The van der Waals surface area contributed by atoms with E-state index < -0.39 is 6.04 Å². The van der Waals surface area contributed by atoms with Crippen LogP contribution < -0.4 is 5.32 Å². The molecule has 0 saturated carbocycles. The molecule has 0 unspecified atom stereocenters. The van der Waals surface area contributed by atoms with Gasteiger partial charge in [-0.15, -0.1) is 11.8 Å². The number of rotatable bonds is 11. The first-order valence-corrected chi connectivity index (χ1v) is 12.0. The van der Waals surface area contributed by atoms with Crippen molar-refractivity contribution in [2.24, 2.45) is 0 Å². The minimum atomic E-state index is -0.570. The fourth-order valence-corrected chi connectivity index (χ4v) is 4.19. The average Bonchev–Trinajstić information content (AvgIpc) is 2.73. The van der Waals surface area contributed by atoms with E-state index in [1.807, 2.05) is 24.3 Å². The highest BCUT2D eigenvalue weighted by Gasteiger charge is 2.25. The van der Waals surface area contributed by atoms with Crippen molar-refractivity contribution in [1.82, 2.24) is 10.2 Å². The maximum atomic E-state index is 13.0. The summed E-state index contributed by atoms with van der Waals surface area (Å²) < 4.78 is 14.0. The van der Waals surface area contributed by atoms with Crippen LogP contribution in [0.3, 0.4) is 0 Å². The number of thioether (sulfide) groups is 1. The van der Waals surface area contributed by atoms with E-state index in [1.165, 1.54) is 23.9 Å². The molecular weight excluding hydrogens is 467 g/mol. The van der Waals surface area contributed by atoms with Gasteiger partial charge in [0.1, 0.15) is 11.9 Å². The van der Waals surface area contributed by atoms with Crippen LogP contribution in [-0.4, -0.2) is 35.1 Å². The Kier molecular flexibility index (Phi) is 10.4. The van der Waals surface area contributed by atoms with Gasteiger partial charge in [0.25, 0.3) is 0 Å². The molecule has 7 heteroatoms. The lowest BCUT2D eigenvalue weighted by molar-refractivity contribution is -0.138. The molecule has 0 aliphatic carbocycles. The highest BCUT2D eigenvalue weighted by molar-refractivity contribution is 9.10. The summed E-state index contributed by atoms with van der Waals surface area (Å²) in [4.78, 5) is 27.2. The first-order chi connectivity index (χ1) is 14.4. The van der Waals surface area contributed by atoms with Crippen molar-refractivity contribution in [3.63, 3.8) is 0 Å². The zero-order chi connectivity index (χ0) is 21.9. The van der Waals surface area contributed by atoms with E-state index in [0.717, 1.165) is 28.4 Å². The van der Waals surface area contributed by atoms with Gasteiger partial charge >= 0.3 is 0 Å². The molecular formula is C23H28BrFN2O2S. The van der Waals surface area contributed by atoms with Crippen molar-refractivity contribution < 1.29 is 14.0 Å². The number of nitrogens with zero attached hydrogens (tertiary/aromatic N) is 1. The van der Waals surface area contributed by atoms with Crippen LogP contribution in [0.15, 0.2) is 53.0 Å². The predicted octanol–water partition coefficient (Wildman–Crippen LogP) is 5.16. The van der Waals surface area contributed by atoms with Gasteiger partial charge in [0.2, 0.25) is 11.8 Å². The second-order valence-corrected chi connectivity index (χ2v) is 8.99. The standard InChI is InChI=1S/C23H28BrFN2O2S/c1-3-4-12-26-23(29)17(2)27(14-19-6-5-7-20(24)13-19)22(28)16-30-15-18-8-10-21(25)11-9-18/h5-11,13,17H,3-4,12,14-16H2,1-2H3,(H,26,29)/t17-/m0/s1. The van der Waals surface area contributed by atoms with Crippen LogP contribution in [0.4, 0.5) is 4.39 Å². The Morgan fingerprint density at radius 2 is 1.90 bits per heavy atom. The highest BCUT2D eigenvalue weighted by atomic mass is 79.9. The first-order valence-electron chi connectivity index (χ1n) is 10.0. The molecule has 2 rings (SSSR count). The lowest BCUT2D eigenvalue weighted by atomic mass is 10.1. The molecule has 2 amide bonds. The molecule has 162 valence electrons. The first kappa shape index (κ1) is 24.4. The molecule has 30 heavy (non-hydrogen) atoms. The fraction of sp³-hybridized carbons (Fsp3) is 0.391. The minimum absolute atomic E-state index is 0.0970. The van der Waals surface area contributed by atoms with E-state index in [1.54, 1.807) is 24.0 Å². The van der Waals surface area contributed by atoms with Crippen LogP contribution in [-0.2, 0) is 21.9 Å². The van der Waals surface area contributed by atoms with E-state index in [-0.39, 0.29) is 23.4 Å². The van der Waals surface area contributed by atoms with Gasteiger partial charge in [0.05, 0.1) is 5.75 Å². The van der Waals surface area contributed by atoms with E-state index >= 15 is 0 Å². The molecule has 2 aromatic rings. The second-order valence-electron chi connectivity index (χ2n) is 7.09. The van der Waals surface area contributed by atoms with Crippen LogP contribution in [0, 0.1) is 5.82 Å². The zero-order valence-corrected chi connectivity index (χ0v) is 19.8. The second kappa shape index (κ2) is 12.7. The third-order valence-electron chi connectivity index (χ3n) is 4.65. The van der Waals surface area contributed by atoms with Gasteiger partial charge < -0.3 is 10.2 Å². The Hall–Kier alpha value is -1.86. The average molecular weight is 495 g/mol. The van der Waals surface area contributed by atoms with E-state index in [0.29, 0.717) is 18.8 Å². The number of carbonyl (C=O) groups is 2. The van der Waals surface area contributed by atoms with Crippen molar-refractivity contribution in [3.05, 3.63) is 69.9 Å². The summed E-state index contributed by atoms with van der Waals surface area (Å²) in [6, 6.07) is 13.4. The number of benzene rings is 2. The quantitative estimate of drug-likeness (QED) is 0.439. The van der Waals surface area contributed by atoms with Gasteiger partial charge in [-0.1, -0.05) is 53.5 Å². The molecule has 1 atom stereocenters. The molecule has 0 saturated heterocycles. The summed E-state index contributed by atoms with van der Waals surface area (Å²) in [6.07, 6.45) is 1.90. The molecule has 0 aliphatic heterocycles. The lowest BCUT2D eigenvalue weighted by Gasteiger charge is -2.29. The van der Waals surface area contributed by atoms with Gasteiger partial charge in [0.15, 0.2) is 0 Å². The molecule has 4 nitrogen and oxygen atoms in total. The Bertz CT molecular complexity index is 832. The van der Waals surface area contributed by atoms with Crippen LogP contribution in [0.25, 0.3) is 0 Å². The minimum Gasteiger partial charge on any atom is -0.354 e. The third kappa shape index (κ3) is 8.11. The Balaban J connectivity index is 2.03. The lowest BCUT2D eigenvalue weighted by Crippen LogP contribution is -2.48. The van der Waals surface area contributed by atoms with Crippen LogP contribution in [0.2, 0.25) is 0 Å².